The minimum absolute atomic E-state index is 0.0738. The number of carbonyl (C=O) groups is 3. The summed E-state index contributed by atoms with van der Waals surface area (Å²) in [6.45, 7) is 15.0. The normalized spacial score (nSPS) is 19.6. The van der Waals surface area contributed by atoms with E-state index in [9.17, 15) is 14.4 Å². The first kappa shape index (κ1) is 24.0. The molecule has 0 radical (unpaired) electrons. The van der Waals surface area contributed by atoms with Gasteiger partial charge in [-0.15, -0.1) is 0 Å². The second-order valence-electron chi connectivity index (χ2n) is 10.2. The second kappa shape index (κ2) is 8.05. The highest BCUT2D eigenvalue weighted by molar-refractivity contribution is 6.56. The van der Waals surface area contributed by atoms with Crippen LogP contribution in [0.4, 0.5) is 10.5 Å². The van der Waals surface area contributed by atoms with E-state index in [2.05, 4.69) is 10.6 Å². The summed E-state index contributed by atoms with van der Waals surface area (Å²) in [5.74, 6) is -1.26. The van der Waals surface area contributed by atoms with Gasteiger partial charge in [0.15, 0.2) is 0 Å². The van der Waals surface area contributed by atoms with Gasteiger partial charge in [0.25, 0.3) is 11.7 Å². The molecular weight excluding hydrogens is 411 g/mol. The number of hydrogen-bond donors (Lipinski definition) is 2. The number of rotatable bonds is 4. The molecule has 2 N–H and O–H groups in total. The third kappa shape index (κ3) is 4.73. The van der Waals surface area contributed by atoms with Gasteiger partial charge in [0.1, 0.15) is 5.60 Å². The fourth-order valence-corrected chi connectivity index (χ4v) is 3.42. The molecule has 2 amide bonds. The number of amides is 2. The summed E-state index contributed by atoms with van der Waals surface area (Å²) in [6, 6.07) is 3.53. The van der Waals surface area contributed by atoms with Gasteiger partial charge in [-0.2, -0.15) is 0 Å². The summed E-state index contributed by atoms with van der Waals surface area (Å²) in [7, 11) is -0.759. The van der Waals surface area contributed by atoms with E-state index < -0.39 is 41.7 Å². The van der Waals surface area contributed by atoms with Gasteiger partial charge in [0.2, 0.25) is 0 Å². The van der Waals surface area contributed by atoms with Crippen molar-refractivity contribution in [1.82, 2.24) is 5.32 Å². The monoisotopic (exact) mass is 442 g/mol. The van der Waals surface area contributed by atoms with Crippen LogP contribution in [-0.4, -0.2) is 48.2 Å². The maximum atomic E-state index is 12.5. The summed E-state index contributed by atoms with van der Waals surface area (Å²) in [6.07, 6.45) is 1.18. The molecule has 8 nitrogen and oxygen atoms in total. The van der Waals surface area contributed by atoms with Crippen molar-refractivity contribution in [3.8, 4) is 0 Å². The maximum absolute atomic E-state index is 12.5. The van der Waals surface area contributed by atoms with Crippen molar-refractivity contribution in [2.45, 2.75) is 72.2 Å². The van der Waals surface area contributed by atoms with E-state index in [0.717, 1.165) is 5.56 Å². The van der Waals surface area contributed by atoms with Gasteiger partial charge in [-0.3, -0.25) is 9.59 Å². The number of fused-ring (bicyclic) bond motifs is 1. The van der Waals surface area contributed by atoms with Crippen molar-refractivity contribution in [1.29, 1.82) is 0 Å². The van der Waals surface area contributed by atoms with Crippen molar-refractivity contribution in [2.24, 2.45) is 0 Å². The van der Waals surface area contributed by atoms with Crippen molar-refractivity contribution in [3.05, 3.63) is 34.3 Å². The largest absolute Gasteiger partial charge is 0.492 e. The average Bonchev–Trinajstić information content (AvgIpc) is 3.03. The number of ether oxygens (including phenoxy) is 1. The maximum Gasteiger partial charge on any atom is 0.492 e. The number of ketones is 1. The molecule has 2 heterocycles. The molecule has 0 spiro atoms. The van der Waals surface area contributed by atoms with Crippen molar-refractivity contribution < 1.29 is 28.4 Å². The van der Waals surface area contributed by atoms with Gasteiger partial charge < -0.3 is 24.7 Å². The Bertz CT molecular complexity index is 990. The van der Waals surface area contributed by atoms with Crippen molar-refractivity contribution in [2.75, 3.05) is 11.9 Å². The number of anilines is 1. The predicted molar refractivity (Wildman–Crippen MR) is 122 cm³/mol. The lowest BCUT2D eigenvalue weighted by molar-refractivity contribution is -0.112. The van der Waals surface area contributed by atoms with E-state index >= 15 is 0 Å². The van der Waals surface area contributed by atoms with E-state index in [1.807, 2.05) is 40.7 Å². The number of alkyl carbamates (subject to hydrolysis) is 1. The molecule has 1 fully saturated rings. The first-order valence-corrected chi connectivity index (χ1v) is 10.6. The van der Waals surface area contributed by atoms with Crippen molar-refractivity contribution >= 4 is 36.7 Å². The molecule has 0 atom stereocenters. The zero-order valence-electron chi connectivity index (χ0n) is 20.0. The predicted octanol–water partition coefficient (Wildman–Crippen LogP) is 3.67. The molecule has 1 aromatic carbocycles. The third-order valence-electron chi connectivity index (χ3n) is 5.87. The number of Topliss-reactive ketones (excluding diaryl/α,β-unsaturated/α-hetero) is 1. The Kier molecular flexibility index (Phi) is 6.04. The van der Waals surface area contributed by atoms with Gasteiger partial charge in [0.05, 0.1) is 22.5 Å². The van der Waals surface area contributed by atoms with E-state index in [4.69, 9.17) is 14.0 Å². The molecule has 0 aliphatic carbocycles. The third-order valence-corrected chi connectivity index (χ3v) is 5.87. The van der Waals surface area contributed by atoms with E-state index in [1.165, 1.54) is 0 Å². The smallest absolute Gasteiger partial charge is 0.444 e. The Hall–Kier alpha value is -2.65. The lowest BCUT2D eigenvalue weighted by atomic mass is 9.76. The average molecular weight is 442 g/mol. The molecule has 172 valence electrons. The molecular formula is C23H31BN2O6. The van der Waals surface area contributed by atoms with Crippen LogP contribution in [0.5, 0.6) is 0 Å². The van der Waals surface area contributed by atoms with Crippen LogP contribution in [0.3, 0.4) is 0 Å². The zero-order chi connectivity index (χ0) is 24.1. The fraction of sp³-hybridized carbons (Fsp3) is 0.522. The first-order valence-electron chi connectivity index (χ1n) is 10.6. The number of nitrogens with one attached hydrogen (secondary N) is 2. The Morgan fingerprint density at radius 2 is 1.75 bits per heavy atom. The van der Waals surface area contributed by atoms with Gasteiger partial charge in [-0.05, 0) is 78.1 Å². The quantitative estimate of drug-likeness (QED) is 0.545. The Labute approximate surface area is 189 Å². The molecule has 1 aromatic rings. The lowest BCUT2D eigenvalue weighted by Crippen LogP contribution is -2.41. The van der Waals surface area contributed by atoms with E-state index in [1.54, 1.807) is 32.9 Å². The van der Waals surface area contributed by atoms with Crippen LogP contribution in [0.15, 0.2) is 17.6 Å². The van der Waals surface area contributed by atoms with Crippen LogP contribution in [0.1, 0.15) is 70.0 Å². The molecule has 3 rings (SSSR count). The molecule has 1 saturated heterocycles. The fourth-order valence-electron chi connectivity index (χ4n) is 3.42. The molecule has 2 aliphatic rings. The minimum Gasteiger partial charge on any atom is -0.444 e. The number of carbonyl (C=O) groups excluding carboxylic acids is 3. The van der Waals surface area contributed by atoms with Gasteiger partial charge in [-0.1, -0.05) is 12.1 Å². The Morgan fingerprint density at radius 3 is 2.31 bits per heavy atom. The van der Waals surface area contributed by atoms with Crippen LogP contribution in [0.25, 0.3) is 6.08 Å². The molecule has 9 heteroatoms. The lowest BCUT2D eigenvalue weighted by Gasteiger charge is -2.32. The van der Waals surface area contributed by atoms with Crippen LogP contribution in [0, 0.1) is 6.92 Å². The SMILES string of the molecule is Cc1ccc2c(c1C=C(CNC(=O)OC(C)(C)C)B1OC(C)(C)C(C)(C)O1)C(=O)C(=O)N2. The standard InChI is InChI=1S/C23H31BN2O6/c1-13-9-10-16-17(18(27)19(28)26-16)15(13)11-14(12-25-20(29)30-21(2,3)4)24-31-22(5,6)23(7,8)32-24/h9-11H,12H2,1-8H3,(H,25,29)(H,26,27,28). The molecule has 0 bridgehead atoms. The minimum atomic E-state index is -0.759. The summed E-state index contributed by atoms with van der Waals surface area (Å²) >= 11 is 0. The highest BCUT2D eigenvalue weighted by Crippen LogP contribution is 2.39. The summed E-state index contributed by atoms with van der Waals surface area (Å²) in [5.41, 5.74) is 0.923. The Balaban J connectivity index is 2.00. The van der Waals surface area contributed by atoms with Gasteiger partial charge in [-0.25, -0.2) is 4.79 Å². The highest BCUT2D eigenvalue weighted by Gasteiger charge is 2.52. The number of benzene rings is 1. The molecule has 0 aromatic heterocycles. The topological polar surface area (TPSA) is 103 Å². The summed E-state index contributed by atoms with van der Waals surface area (Å²) < 4.78 is 17.7. The molecule has 2 aliphatic heterocycles. The summed E-state index contributed by atoms with van der Waals surface area (Å²) in [4.78, 5) is 36.7. The Morgan fingerprint density at radius 1 is 1.16 bits per heavy atom. The number of hydrogen-bond acceptors (Lipinski definition) is 6. The van der Waals surface area contributed by atoms with E-state index in [0.29, 0.717) is 22.3 Å². The highest BCUT2D eigenvalue weighted by atomic mass is 16.7. The van der Waals surface area contributed by atoms with Crippen LogP contribution < -0.4 is 10.6 Å². The number of aryl methyl sites for hydroxylation is 1. The second-order valence-corrected chi connectivity index (χ2v) is 10.2. The van der Waals surface area contributed by atoms with Crippen LogP contribution >= 0.6 is 0 Å². The first-order chi connectivity index (χ1) is 14.6. The van der Waals surface area contributed by atoms with E-state index in [-0.39, 0.29) is 6.54 Å². The van der Waals surface area contributed by atoms with Crippen LogP contribution in [0.2, 0.25) is 0 Å². The van der Waals surface area contributed by atoms with Gasteiger partial charge >= 0.3 is 13.2 Å². The summed E-state index contributed by atoms with van der Waals surface area (Å²) in [5, 5.41) is 5.33. The molecule has 0 unspecified atom stereocenters. The zero-order valence-corrected chi connectivity index (χ0v) is 20.0. The van der Waals surface area contributed by atoms with Gasteiger partial charge in [0, 0.05) is 6.54 Å². The van der Waals surface area contributed by atoms with Crippen LogP contribution in [-0.2, 0) is 18.8 Å². The molecule has 0 saturated carbocycles. The van der Waals surface area contributed by atoms with Crippen molar-refractivity contribution in [3.63, 3.8) is 0 Å². The molecule has 32 heavy (non-hydrogen) atoms.